The molecule has 0 saturated carbocycles. The minimum Gasteiger partial charge on any atom is -0.350 e. The number of amides is 1. The molecule has 0 heterocycles. The number of hydrogen-bond acceptors (Lipinski definition) is 4. The fourth-order valence-electron chi connectivity index (χ4n) is 1.19. The molecule has 0 radical (unpaired) electrons. The van der Waals surface area contributed by atoms with E-state index in [9.17, 15) is 13.2 Å². The highest BCUT2D eigenvalue weighted by atomic mass is 32.2. The Bertz CT molecular complexity index is 357. The number of rotatable bonds is 5. The van der Waals surface area contributed by atoms with Crippen molar-refractivity contribution in [2.75, 3.05) is 5.75 Å². The lowest BCUT2D eigenvalue weighted by Crippen LogP contribution is -2.48. The van der Waals surface area contributed by atoms with E-state index >= 15 is 0 Å². The van der Waals surface area contributed by atoms with Crippen molar-refractivity contribution in [3.05, 3.63) is 0 Å². The maximum Gasteiger partial charge on any atom is 0.238 e. The third-order valence-corrected chi connectivity index (χ3v) is 4.56. The lowest BCUT2D eigenvalue weighted by molar-refractivity contribution is -0.121. The zero-order valence-corrected chi connectivity index (χ0v) is 12.1. The molecule has 0 fully saturated rings. The first kappa shape index (κ1) is 16.4. The maximum absolute atomic E-state index is 11.9. The van der Waals surface area contributed by atoms with Gasteiger partial charge in [-0.05, 0) is 34.1 Å². The quantitative estimate of drug-likeness (QED) is 0.754. The summed E-state index contributed by atoms with van der Waals surface area (Å²) in [5.74, 6) is -0.622. The minimum atomic E-state index is -3.48. The number of carbonyl (C=O) groups excluding carboxylic acids is 1. The Balaban J connectivity index is 4.69. The Morgan fingerprint density at radius 2 is 1.82 bits per heavy atom. The summed E-state index contributed by atoms with van der Waals surface area (Å²) in [5.41, 5.74) is 5.18. The van der Waals surface area contributed by atoms with E-state index in [1.165, 1.54) is 6.92 Å². The summed E-state index contributed by atoms with van der Waals surface area (Å²) in [4.78, 5) is 11.7. The molecule has 0 spiro atoms. The van der Waals surface area contributed by atoms with Gasteiger partial charge in [-0.3, -0.25) is 4.79 Å². The fourth-order valence-corrected chi connectivity index (χ4v) is 2.70. The highest BCUT2D eigenvalue weighted by Gasteiger charge is 2.31. The molecule has 102 valence electrons. The molecule has 0 aromatic rings. The molecule has 1 amide bonds. The lowest BCUT2D eigenvalue weighted by atomic mass is 10.1. The third-order valence-electron chi connectivity index (χ3n) is 2.38. The van der Waals surface area contributed by atoms with Crippen molar-refractivity contribution < 1.29 is 13.2 Å². The van der Waals surface area contributed by atoms with Gasteiger partial charge in [-0.2, -0.15) is 0 Å². The number of hydrogen-bond donors (Lipinski definition) is 2. The van der Waals surface area contributed by atoms with Crippen molar-refractivity contribution in [2.45, 2.75) is 57.9 Å². The average Bonchev–Trinajstić information content (AvgIpc) is 2.13. The monoisotopic (exact) mass is 264 g/mol. The molecule has 0 aliphatic rings. The molecule has 0 aliphatic carbocycles. The van der Waals surface area contributed by atoms with Gasteiger partial charge in [0.25, 0.3) is 0 Å². The summed E-state index contributed by atoms with van der Waals surface area (Å²) in [6.45, 7) is 8.64. The van der Waals surface area contributed by atoms with Crippen LogP contribution in [0.3, 0.4) is 0 Å². The predicted octanol–water partition coefficient (Wildman–Crippen LogP) is 0.442. The molecule has 2 atom stereocenters. The minimum absolute atomic E-state index is 0.151. The van der Waals surface area contributed by atoms with Gasteiger partial charge in [0.05, 0.1) is 5.75 Å². The SMILES string of the molecule is CCC(N)CS(=O)(=O)C(C)C(=O)NC(C)(C)C. The molecule has 0 aromatic carbocycles. The maximum atomic E-state index is 11.9. The second kappa shape index (κ2) is 5.82. The van der Waals surface area contributed by atoms with Crippen LogP contribution in [0, 0.1) is 0 Å². The molecular weight excluding hydrogens is 240 g/mol. The van der Waals surface area contributed by atoms with Gasteiger partial charge >= 0.3 is 0 Å². The standard InChI is InChI=1S/C11H24N2O3S/c1-6-9(12)7-17(15,16)8(2)10(14)13-11(3,4)5/h8-9H,6-7,12H2,1-5H3,(H,13,14). The molecule has 17 heavy (non-hydrogen) atoms. The van der Waals surface area contributed by atoms with Crippen molar-refractivity contribution in [1.82, 2.24) is 5.32 Å². The highest BCUT2D eigenvalue weighted by molar-refractivity contribution is 7.92. The van der Waals surface area contributed by atoms with E-state index in [0.717, 1.165) is 0 Å². The van der Waals surface area contributed by atoms with Gasteiger partial charge in [0, 0.05) is 11.6 Å². The Morgan fingerprint density at radius 1 is 1.35 bits per heavy atom. The van der Waals surface area contributed by atoms with Crippen LogP contribution >= 0.6 is 0 Å². The van der Waals surface area contributed by atoms with Crippen molar-refractivity contribution in [1.29, 1.82) is 0 Å². The third kappa shape index (κ3) is 6.02. The van der Waals surface area contributed by atoms with Crippen LogP contribution in [-0.2, 0) is 14.6 Å². The van der Waals surface area contributed by atoms with Crippen LogP contribution in [0.1, 0.15) is 41.0 Å². The summed E-state index contributed by atoms with van der Waals surface area (Å²) in [5, 5.41) is 1.60. The van der Waals surface area contributed by atoms with Gasteiger partial charge in [-0.15, -0.1) is 0 Å². The van der Waals surface area contributed by atoms with Gasteiger partial charge in [-0.1, -0.05) is 6.92 Å². The van der Waals surface area contributed by atoms with Crippen LogP contribution in [0.15, 0.2) is 0 Å². The van der Waals surface area contributed by atoms with E-state index in [-0.39, 0.29) is 5.75 Å². The Hall–Kier alpha value is -0.620. The van der Waals surface area contributed by atoms with E-state index in [4.69, 9.17) is 5.73 Å². The number of sulfone groups is 1. The van der Waals surface area contributed by atoms with Crippen molar-refractivity contribution in [3.8, 4) is 0 Å². The van der Waals surface area contributed by atoms with Crippen LogP contribution in [0.4, 0.5) is 0 Å². The van der Waals surface area contributed by atoms with Gasteiger partial charge in [-0.25, -0.2) is 8.42 Å². The van der Waals surface area contributed by atoms with Crippen molar-refractivity contribution in [3.63, 3.8) is 0 Å². The average molecular weight is 264 g/mol. The van der Waals surface area contributed by atoms with Gasteiger partial charge in [0.2, 0.25) is 5.91 Å². The smallest absolute Gasteiger partial charge is 0.238 e. The van der Waals surface area contributed by atoms with E-state index in [1.54, 1.807) is 0 Å². The first-order chi connectivity index (χ1) is 7.49. The van der Waals surface area contributed by atoms with Crippen molar-refractivity contribution >= 4 is 15.7 Å². The number of nitrogens with two attached hydrogens (primary N) is 1. The van der Waals surface area contributed by atoms with Crippen LogP contribution in [0.2, 0.25) is 0 Å². The Kier molecular flexibility index (Phi) is 5.61. The number of nitrogens with one attached hydrogen (secondary N) is 1. The van der Waals surface area contributed by atoms with Crippen LogP contribution in [0.25, 0.3) is 0 Å². The first-order valence-electron chi connectivity index (χ1n) is 5.78. The summed E-state index contributed by atoms with van der Waals surface area (Å²) in [7, 11) is -3.48. The zero-order valence-electron chi connectivity index (χ0n) is 11.3. The summed E-state index contributed by atoms with van der Waals surface area (Å²) in [6, 6.07) is -0.412. The molecule has 0 bridgehead atoms. The second-order valence-electron chi connectivity index (χ2n) is 5.38. The Morgan fingerprint density at radius 3 is 2.18 bits per heavy atom. The highest BCUT2D eigenvalue weighted by Crippen LogP contribution is 2.08. The molecule has 0 rings (SSSR count). The summed E-state index contributed by atoms with van der Waals surface area (Å²) < 4.78 is 23.8. The van der Waals surface area contributed by atoms with E-state index < -0.39 is 32.6 Å². The largest absolute Gasteiger partial charge is 0.350 e. The van der Waals surface area contributed by atoms with Gasteiger partial charge in [0.15, 0.2) is 9.84 Å². The molecular formula is C11H24N2O3S. The van der Waals surface area contributed by atoms with E-state index in [1.807, 2.05) is 27.7 Å². The summed E-state index contributed by atoms with van der Waals surface area (Å²) in [6.07, 6.45) is 0.576. The second-order valence-corrected chi connectivity index (χ2v) is 7.75. The van der Waals surface area contributed by atoms with Gasteiger partial charge < -0.3 is 11.1 Å². The molecule has 0 saturated heterocycles. The fraction of sp³-hybridized carbons (Fsp3) is 0.909. The zero-order chi connectivity index (χ0) is 13.9. The normalized spacial score (nSPS) is 16.4. The van der Waals surface area contributed by atoms with Crippen LogP contribution < -0.4 is 11.1 Å². The Labute approximate surface area is 104 Å². The molecule has 0 aliphatic heterocycles. The predicted molar refractivity (Wildman–Crippen MR) is 69.4 cm³/mol. The lowest BCUT2D eigenvalue weighted by Gasteiger charge is -2.23. The van der Waals surface area contributed by atoms with Crippen LogP contribution in [-0.4, -0.2) is 36.9 Å². The molecule has 0 aromatic heterocycles. The first-order valence-corrected chi connectivity index (χ1v) is 7.50. The van der Waals surface area contributed by atoms with Crippen molar-refractivity contribution in [2.24, 2.45) is 5.73 Å². The topological polar surface area (TPSA) is 89.3 Å². The molecule has 6 heteroatoms. The molecule has 5 nitrogen and oxygen atoms in total. The van der Waals surface area contributed by atoms with E-state index in [2.05, 4.69) is 5.32 Å². The summed E-state index contributed by atoms with van der Waals surface area (Å²) >= 11 is 0. The molecule has 3 N–H and O–H groups in total. The van der Waals surface area contributed by atoms with Crippen LogP contribution in [0.5, 0.6) is 0 Å². The number of carbonyl (C=O) groups is 1. The van der Waals surface area contributed by atoms with E-state index in [0.29, 0.717) is 6.42 Å². The molecule has 2 unspecified atom stereocenters. The van der Waals surface area contributed by atoms with Gasteiger partial charge in [0.1, 0.15) is 5.25 Å².